The average Bonchev–Trinajstić information content (AvgIpc) is 2.97. The number of aromatic nitrogens is 1. The summed E-state index contributed by atoms with van der Waals surface area (Å²) in [6.07, 6.45) is 4.84. The third kappa shape index (κ3) is 2.41. The summed E-state index contributed by atoms with van der Waals surface area (Å²) in [5.74, 6) is 0.787. The second kappa shape index (κ2) is 5.07. The molecule has 1 aromatic carbocycles. The lowest BCUT2D eigenvalue weighted by Crippen LogP contribution is -2.41. The van der Waals surface area contributed by atoms with Crippen LogP contribution < -0.4 is 10.2 Å². The van der Waals surface area contributed by atoms with Crippen LogP contribution in [0.5, 0.6) is 5.75 Å². The van der Waals surface area contributed by atoms with Crippen LogP contribution in [0.25, 0.3) is 0 Å². The summed E-state index contributed by atoms with van der Waals surface area (Å²) in [5, 5.41) is 0. The molecule has 0 aliphatic carbocycles. The maximum atomic E-state index is 5.76. The third-order valence-corrected chi connectivity index (χ3v) is 2.88. The molecule has 1 atom stereocenters. The van der Waals surface area contributed by atoms with Crippen molar-refractivity contribution in [3.63, 3.8) is 0 Å². The molecule has 2 aromatic rings. The SMILES string of the molecule is C1=NC(COc2ccccc2)(c2cccnc2)NO1. The second-order valence-electron chi connectivity index (χ2n) is 4.16. The number of ether oxygens (including phenoxy) is 1. The van der Waals surface area contributed by atoms with E-state index in [0.717, 1.165) is 11.3 Å². The van der Waals surface area contributed by atoms with Gasteiger partial charge in [0.05, 0.1) is 0 Å². The lowest BCUT2D eigenvalue weighted by Gasteiger charge is -2.24. The Bertz CT molecular complexity index is 559. The van der Waals surface area contributed by atoms with E-state index in [1.807, 2.05) is 42.5 Å². The van der Waals surface area contributed by atoms with Crippen molar-refractivity contribution in [2.24, 2.45) is 4.99 Å². The van der Waals surface area contributed by atoms with E-state index in [-0.39, 0.29) is 0 Å². The summed E-state index contributed by atoms with van der Waals surface area (Å²) in [6, 6.07) is 13.4. The number of rotatable bonds is 4. The summed E-state index contributed by atoms with van der Waals surface area (Å²) in [5.41, 5.74) is 3.01. The van der Waals surface area contributed by atoms with E-state index in [1.54, 1.807) is 12.4 Å². The number of para-hydroxylation sites is 1. The molecule has 96 valence electrons. The van der Waals surface area contributed by atoms with Gasteiger partial charge in [-0.1, -0.05) is 24.3 Å². The maximum Gasteiger partial charge on any atom is 0.206 e. The van der Waals surface area contributed by atoms with Gasteiger partial charge in [0.25, 0.3) is 0 Å². The van der Waals surface area contributed by atoms with E-state index < -0.39 is 5.66 Å². The van der Waals surface area contributed by atoms with Crippen LogP contribution in [0, 0.1) is 0 Å². The van der Waals surface area contributed by atoms with Gasteiger partial charge < -0.3 is 9.57 Å². The molecule has 1 aliphatic rings. The Morgan fingerprint density at radius 1 is 1.16 bits per heavy atom. The van der Waals surface area contributed by atoms with Gasteiger partial charge in [-0.2, -0.15) is 0 Å². The molecule has 0 fully saturated rings. The number of nitrogens with one attached hydrogen (secondary N) is 1. The van der Waals surface area contributed by atoms with Crippen LogP contribution in [0.4, 0.5) is 0 Å². The minimum absolute atomic E-state index is 0.319. The highest BCUT2D eigenvalue weighted by molar-refractivity contribution is 5.50. The van der Waals surface area contributed by atoms with E-state index in [4.69, 9.17) is 9.57 Å². The van der Waals surface area contributed by atoms with E-state index >= 15 is 0 Å². The van der Waals surface area contributed by atoms with Gasteiger partial charge in [-0.15, -0.1) is 5.48 Å². The Kier molecular flexibility index (Phi) is 3.12. The van der Waals surface area contributed by atoms with Gasteiger partial charge in [-0.05, 0) is 18.2 Å². The van der Waals surface area contributed by atoms with Gasteiger partial charge in [-0.25, -0.2) is 4.99 Å². The molecular weight excluding hydrogens is 242 g/mol. The Labute approximate surface area is 110 Å². The highest BCUT2D eigenvalue weighted by Crippen LogP contribution is 2.26. The second-order valence-corrected chi connectivity index (χ2v) is 4.16. The molecule has 5 heteroatoms. The summed E-state index contributed by atoms with van der Waals surface area (Å²) >= 11 is 0. The first-order valence-corrected chi connectivity index (χ1v) is 5.94. The molecule has 0 radical (unpaired) electrons. The zero-order chi connectivity index (χ0) is 13.0. The molecule has 2 heterocycles. The summed E-state index contributed by atoms with van der Waals surface area (Å²) in [7, 11) is 0. The van der Waals surface area contributed by atoms with E-state index in [1.165, 1.54) is 6.40 Å². The smallest absolute Gasteiger partial charge is 0.206 e. The molecule has 0 saturated carbocycles. The molecule has 1 N–H and O–H groups in total. The molecule has 1 aliphatic heterocycles. The number of hydrogen-bond acceptors (Lipinski definition) is 5. The standard InChI is InChI=1S/C14H13N3O2/c1-2-6-13(7-3-1)18-10-14(16-11-19-17-14)12-5-4-8-15-9-12/h1-9,11,17H,10H2. The largest absolute Gasteiger partial charge is 0.489 e. The fourth-order valence-corrected chi connectivity index (χ4v) is 1.86. The molecule has 0 spiro atoms. The van der Waals surface area contributed by atoms with Crippen molar-refractivity contribution >= 4 is 6.40 Å². The van der Waals surface area contributed by atoms with Crippen LogP contribution in [0.1, 0.15) is 5.56 Å². The lowest BCUT2D eigenvalue weighted by molar-refractivity contribution is 0.0795. The Morgan fingerprint density at radius 3 is 2.74 bits per heavy atom. The van der Waals surface area contributed by atoms with Crippen molar-refractivity contribution in [3.8, 4) is 5.75 Å². The molecule has 1 aromatic heterocycles. The molecule has 1 unspecified atom stereocenters. The molecule has 0 amide bonds. The summed E-state index contributed by atoms with van der Waals surface area (Å²) in [4.78, 5) is 13.5. The Morgan fingerprint density at radius 2 is 2.05 bits per heavy atom. The maximum absolute atomic E-state index is 5.76. The van der Waals surface area contributed by atoms with Crippen LogP contribution in [0.2, 0.25) is 0 Å². The van der Waals surface area contributed by atoms with Crippen LogP contribution in [0.3, 0.4) is 0 Å². The van der Waals surface area contributed by atoms with Crippen molar-refractivity contribution in [3.05, 3.63) is 60.4 Å². The molecular formula is C14H13N3O2. The van der Waals surface area contributed by atoms with Gasteiger partial charge in [0.2, 0.25) is 5.66 Å². The first-order valence-electron chi connectivity index (χ1n) is 5.94. The highest BCUT2D eigenvalue weighted by Gasteiger charge is 2.36. The van der Waals surface area contributed by atoms with Crippen LogP contribution in [-0.4, -0.2) is 18.0 Å². The number of nitrogens with zero attached hydrogens (tertiary/aromatic N) is 2. The predicted octanol–water partition coefficient (Wildman–Crippen LogP) is 1.88. The monoisotopic (exact) mass is 255 g/mol. The first-order chi connectivity index (χ1) is 9.39. The lowest BCUT2D eigenvalue weighted by atomic mass is 10.0. The molecule has 19 heavy (non-hydrogen) atoms. The minimum atomic E-state index is -0.746. The summed E-state index contributed by atoms with van der Waals surface area (Å²) in [6.45, 7) is 0.319. The fourth-order valence-electron chi connectivity index (χ4n) is 1.86. The van der Waals surface area contributed by atoms with Crippen molar-refractivity contribution in [1.29, 1.82) is 0 Å². The predicted molar refractivity (Wildman–Crippen MR) is 70.6 cm³/mol. The van der Waals surface area contributed by atoms with Crippen molar-refractivity contribution in [2.75, 3.05) is 6.61 Å². The average molecular weight is 255 g/mol. The van der Waals surface area contributed by atoms with Gasteiger partial charge in [0.1, 0.15) is 12.4 Å². The van der Waals surface area contributed by atoms with Crippen molar-refractivity contribution < 1.29 is 9.57 Å². The summed E-state index contributed by atoms with van der Waals surface area (Å²) < 4.78 is 5.76. The van der Waals surface area contributed by atoms with E-state index in [2.05, 4.69) is 15.5 Å². The quantitative estimate of drug-likeness (QED) is 0.906. The first kappa shape index (κ1) is 11.7. The zero-order valence-corrected chi connectivity index (χ0v) is 10.2. The Hall–Kier alpha value is -2.40. The number of benzene rings is 1. The van der Waals surface area contributed by atoms with Gasteiger partial charge in [-0.3, -0.25) is 4.98 Å². The molecule has 3 rings (SSSR count). The number of pyridine rings is 1. The molecule has 5 nitrogen and oxygen atoms in total. The van der Waals surface area contributed by atoms with Gasteiger partial charge >= 0.3 is 0 Å². The zero-order valence-electron chi connectivity index (χ0n) is 10.2. The van der Waals surface area contributed by atoms with Gasteiger partial charge in [0, 0.05) is 18.0 Å². The van der Waals surface area contributed by atoms with Crippen molar-refractivity contribution in [2.45, 2.75) is 5.66 Å². The number of hydrogen-bond donors (Lipinski definition) is 1. The van der Waals surface area contributed by atoms with Gasteiger partial charge in [0.15, 0.2) is 6.40 Å². The minimum Gasteiger partial charge on any atom is -0.489 e. The highest BCUT2D eigenvalue weighted by atomic mass is 16.7. The topological polar surface area (TPSA) is 55.7 Å². The molecule has 0 saturated heterocycles. The number of aliphatic imine (C=N–C) groups is 1. The normalized spacial score (nSPS) is 21.1. The Balaban J connectivity index is 1.81. The van der Waals surface area contributed by atoms with E-state index in [0.29, 0.717) is 6.61 Å². The van der Waals surface area contributed by atoms with Crippen LogP contribution in [-0.2, 0) is 10.5 Å². The van der Waals surface area contributed by atoms with Crippen molar-refractivity contribution in [1.82, 2.24) is 10.5 Å². The molecule has 0 bridgehead atoms. The third-order valence-electron chi connectivity index (χ3n) is 2.88. The van der Waals surface area contributed by atoms with Crippen LogP contribution in [0.15, 0.2) is 59.9 Å². The number of hydroxylamine groups is 1. The van der Waals surface area contributed by atoms with E-state index in [9.17, 15) is 0 Å². The van der Waals surface area contributed by atoms with Crippen LogP contribution >= 0.6 is 0 Å². The fraction of sp³-hybridized carbons (Fsp3) is 0.143.